The zero-order valence-electron chi connectivity index (χ0n) is 21.8. The molecule has 1 saturated heterocycles. The summed E-state index contributed by atoms with van der Waals surface area (Å²) in [5.41, 5.74) is 0.586. The second-order valence-electron chi connectivity index (χ2n) is 9.08. The molecular formula is C28H31ClF2N4O5S. The number of rotatable bonds is 9. The van der Waals surface area contributed by atoms with Crippen LogP contribution in [0.2, 0.25) is 5.02 Å². The van der Waals surface area contributed by atoms with Crippen LogP contribution in [0.5, 0.6) is 11.5 Å². The molecule has 1 fully saturated rings. The zero-order valence-corrected chi connectivity index (χ0v) is 23.4. The first-order chi connectivity index (χ1) is 19.3. The highest BCUT2D eigenvalue weighted by Gasteiger charge is 2.27. The Morgan fingerprint density at radius 1 is 1.05 bits per heavy atom. The number of morpholine rings is 1. The molecule has 41 heavy (non-hydrogen) atoms. The molecule has 0 saturated carbocycles. The molecule has 2 aromatic carbocycles. The van der Waals surface area contributed by atoms with Crippen molar-refractivity contribution in [2.45, 2.75) is 25.4 Å². The molecular weight excluding hydrogens is 578 g/mol. The second-order valence-corrected chi connectivity index (χ2v) is 11.2. The van der Waals surface area contributed by atoms with Crippen molar-refractivity contribution < 1.29 is 31.4 Å². The van der Waals surface area contributed by atoms with E-state index in [0.717, 1.165) is 6.07 Å². The molecule has 1 aliphatic rings. The van der Waals surface area contributed by atoms with Gasteiger partial charge in [-0.2, -0.15) is 0 Å². The molecule has 1 N–H and O–H groups in total. The van der Waals surface area contributed by atoms with E-state index in [1.807, 2.05) is 0 Å². The van der Waals surface area contributed by atoms with Gasteiger partial charge in [0.05, 0.1) is 43.0 Å². The topological polar surface area (TPSA) is 94.9 Å². The normalized spacial score (nSPS) is 14.1. The lowest BCUT2D eigenvalue weighted by molar-refractivity contribution is 0.0336. The molecule has 9 nitrogen and oxygen atoms in total. The lowest BCUT2D eigenvalue weighted by Crippen LogP contribution is -2.36. The summed E-state index contributed by atoms with van der Waals surface area (Å²) >= 11 is 6.77. The third kappa shape index (κ3) is 5.82. The van der Waals surface area contributed by atoms with Crippen LogP contribution in [-0.2, 0) is 27.8 Å². The van der Waals surface area contributed by atoms with E-state index >= 15 is 0 Å². The number of nitrogens with zero attached hydrogens (tertiary/aromatic N) is 3. The van der Waals surface area contributed by atoms with Gasteiger partial charge in [0.1, 0.15) is 5.69 Å². The van der Waals surface area contributed by atoms with Crippen LogP contribution in [0.1, 0.15) is 18.7 Å². The molecule has 220 valence electrons. The van der Waals surface area contributed by atoms with Gasteiger partial charge in [-0.05, 0) is 18.2 Å². The van der Waals surface area contributed by atoms with E-state index in [1.165, 1.54) is 36.5 Å². The Kier molecular flexibility index (Phi) is 9.37. The molecule has 1 aliphatic heterocycles. The maximum absolute atomic E-state index is 14.9. The molecule has 0 unspecified atom stereocenters. The van der Waals surface area contributed by atoms with Crippen molar-refractivity contribution in [1.82, 2.24) is 13.9 Å². The van der Waals surface area contributed by atoms with Gasteiger partial charge in [-0.25, -0.2) is 26.2 Å². The lowest BCUT2D eigenvalue weighted by Gasteiger charge is -2.26. The predicted molar refractivity (Wildman–Crippen MR) is 153 cm³/mol. The van der Waals surface area contributed by atoms with Crippen LogP contribution in [0.25, 0.3) is 11.0 Å². The molecule has 0 spiro atoms. The number of hydrogen-bond donors (Lipinski definition) is 1. The molecule has 0 atom stereocenters. The van der Waals surface area contributed by atoms with Gasteiger partial charge in [-0.3, -0.25) is 4.90 Å². The van der Waals surface area contributed by atoms with Crippen molar-refractivity contribution in [1.29, 1.82) is 0 Å². The minimum Gasteiger partial charge on any atom is -0.493 e. The van der Waals surface area contributed by atoms with Crippen LogP contribution < -0.4 is 14.8 Å². The van der Waals surface area contributed by atoms with Gasteiger partial charge in [-0.15, -0.1) is 0 Å². The third-order valence-corrected chi connectivity index (χ3v) is 8.87. The average molecular weight is 609 g/mol. The maximum atomic E-state index is 14.9. The van der Waals surface area contributed by atoms with Crippen LogP contribution in [0, 0.1) is 11.6 Å². The van der Waals surface area contributed by atoms with Gasteiger partial charge in [0.2, 0.25) is 0 Å². The van der Waals surface area contributed by atoms with Gasteiger partial charge in [0.15, 0.2) is 28.8 Å². The maximum Gasteiger partial charge on any atom is 0.269 e. The Hall–Kier alpha value is -3.45. The van der Waals surface area contributed by atoms with Gasteiger partial charge < -0.3 is 19.5 Å². The number of aromatic nitrogens is 2. The van der Waals surface area contributed by atoms with E-state index in [-0.39, 0.29) is 41.0 Å². The summed E-state index contributed by atoms with van der Waals surface area (Å²) in [5.74, 6) is -2.26. The van der Waals surface area contributed by atoms with Crippen molar-refractivity contribution in [3.63, 3.8) is 0 Å². The first-order valence-corrected chi connectivity index (χ1v) is 14.2. The van der Waals surface area contributed by atoms with Crippen molar-refractivity contribution in [2.75, 3.05) is 45.8 Å². The third-order valence-electron chi connectivity index (χ3n) is 6.67. The number of anilines is 1. The Labute approximate surface area is 242 Å². The number of fused-ring (bicyclic) bond motifs is 1. The molecule has 13 heteroatoms. The first kappa shape index (κ1) is 30.5. The van der Waals surface area contributed by atoms with Crippen LogP contribution in [0.15, 0.2) is 53.6 Å². The Morgan fingerprint density at radius 2 is 1.68 bits per heavy atom. The largest absolute Gasteiger partial charge is 0.493 e. The van der Waals surface area contributed by atoms with E-state index < -0.39 is 27.3 Å². The molecule has 0 bridgehead atoms. The SMILES string of the molecule is C.COc1cc(OC)c(F)c(NCc2cnc3c(cc(CN4CCOCC4)n3S(=O)(=O)c3ccccc3)c2Cl)c1F. The number of nitrogens with one attached hydrogen (secondary N) is 1. The van der Waals surface area contributed by atoms with Crippen molar-refractivity contribution in [2.24, 2.45) is 0 Å². The molecule has 4 aromatic rings. The Bertz CT molecular complexity index is 1620. The smallest absolute Gasteiger partial charge is 0.269 e. The minimum absolute atomic E-state index is 0. The Morgan fingerprint density at radius 3 is 2.29 bits per heavy atom. The number of benzene rings is 2. The quantitative estimate of drug-likeness (QED) is 0.274. The summed E-state index contributed by atoms with van der Waals surface area (Å²) in [4.78, 5) is 6.65. The van der Waals surface area contributed by atoms with Crippen LogP contribution in [0.3, 0.4) is 0 Å². The van der Waals surface area contributed by atoms with Crippen molar-refractivity contribution in [3.8, 4) is 11.5 Å². The Balaban J connectivity index is 0.00000387. The molecule has 0 aliphatic carbocycles. The molecule has 0 radical (unpaired) electrons. The summed E-state index contributed by atoms with van der Waals surface area (Å²) in [6.07, 6.45) is 1.39. The summed E-state index contributed by atoms with van der Waals surface area (Å²) in [6.45, 7) is 2.59. The number of ether oxygens (including phenoxy) is 3. The second kappa shape index (κ2) is 12.6. The number of pyridine rings is 1. The fourth-order valence-electron chi connectivity index (χ4n) is 4.60. The van der Waals surface area contributed by atoms with Gasteiger partial charge in [0, 0.05) is 49.4 Å². The highest BCUT2D eigenvalue weighted by atomic mass is 35.5. The van der Waals surface area contributed by atoms with Crippen molar-refractivity contribution in [3.05, 3.63) is 76.6 Å². The average Bonchev–Trinajstić information content (AvgIpc) is 3.34. The summed E-state index contributed by atoms with van der Waals surface area (Å²) in [5, 5.41) is 3.32. The molecule has 2 aromatic heterocycles. The molecule has 0 amide bonds. The van der Waals surface area contributed by atoms with E-state index in [0.29, 0.717) is 49.5 Å². The number of hydrogen-bond acceptors (Lipinski definition) is 8. The van der Waals surface area contributed by atoms with Gasteiger partial charge in [-0.1, -0.05) is 37.2 Å². The highest BCUT2D eigenvalue weighted by Crippen LogP contribution is 2.36. The fraction of sp³-hybridized carbons (Fsp3) is 0.321. The summed E-state index contributed by atoms with van der Waals surface area (Å²) in [6, 6.07) is 10.9. The fourth-order valence-corrected chi connectivity index (χ4v) is 6.36. The lowest BCUT2D eigenvalue weighted by atomic mass is 10.2. The summed E-state index contributed by atoms with van der Waals surface area (Å²) in [7, 11) is -1.50. The van der Waals surface area contributed by atoms with Crippen LogP contribution in [0.4, 0.5) is 14.5 Å². The van der Waals surface area contributed by atoms with E-state index in [4.69, 9.17) is 25.8 Å². The van der Waals surface area contributed by atoms with E-state index in [2.05, 4.69) is 15.2 Å². The van der Waals surface area contributed by atoms with Gasteiger partial charge in [0.25, 0.3) is 10.0 Å². The number of methoxy groups -OCH3 is 2. The monoisotopic (exact) mass is 608 g/mol. The number of halogens is 3. The minimum atomic E-state index is -4.02. The standard InChI is InChI=1S/C27H27ClF2N4O5S.CH4/c1-37-21-13-22(38-2)25(30)26(24(21)29)31-14-17-15-32-27-20(23(17)28)12-18(16-33-8-10-39-11-9-33)34(27)40(35,36)19-6-4-3-5-7-19;/h3-7,12-13,15,31H,8-11,14,16H2,1-2H3;1H4. The van der Waals surface area contributed by atoms with Crippen LogP contribution >= 0.6 is 11.6 Å². The van der Waals surface area contributed by atoms with Crippen LogP contribution in [-0.4, -0.2) is 62.8 Å². The zero-order chi connectivity index (χ0) is 28.4. The predicted octanol–water partition coefficient (Wildman–Crippen LogP) is 5.30. The van der Waals surface area contributed by atoms with E-state index in [1.54, 1.807) is 24.3 Å². The summed E-state index contributed by atoms with van der Waals surface area (Å²) < 4.78 is 73.9. The van der Waals surface area contributed by atoms with Gasteiger partial charge >= 0.3 is 0 Å². The molecule has 5 rings (SSSR count). The van der Waals surface area contributed by atoms with E-state index in [9.17, 15) is 17.2 Å². The highest BCUT2D eigenvalue weighted by molar-refractivity contribution is 7.90. The first-order valence-electron chi connectivity index (χ1n) is 12.4. The van der Waals surface area contributed by atoms with Crippen molar-refractivity contribution >= 4 is 38.3 Å². The molecule has 3 heterocycles.